The average Bonchev–Trinajstić information content (AvgIpc) is 2.77. The molecule has 0 radical (unpaired) electrons. The second-order valence-corrected chi connectivity index (χ2v) is 5.45. The lowest BCUT2D eigenvalue weighted by Gasteiger charge is -2.06. The number of aryl methyl sites for hydroxylation is 1. The largest absolute Gasteiger partial charge is 0.265 e. The van der Waals surface area contributed by atoms with Crippen molar-refractivity contribution >= 4 is 0 Å². The Morgan fingerprint density at radius 2 is 1.38 bits per heavy atom. The molecule has 0 bridgehead atoms. The normalized spacial score (nSPS) is 10.8. The first kappa shape index (κ1) is 13.6. The molecule has 2 aromatic carbocycles. The van der Waals surface area contributed by atoms with Crippen molar-refractivity contribution in [1.82, 2.24) is 9.78 Å². The summed E-state index contributed by atoms with van der Waals surface area (Å²) < 4.78 is 2.11. The van der Waals surface area contributed by atoms with Gasteiger partial charge >= 0.3 is 0 Å². The van der Waals surface area contributed by atoms with Crippen LogP contribution in [0, 0.1) is 13.8 Å². The summed E-state index contributed by atoms with van der Waals surface area (Å²) in [4.78, 5) is 0. The molecule has 0 saturated heterocycles. The van der Waals surface area contributed by atoms with Crippen molar-refractivity contribution in [3.63, 3.8) is 0 Å². The van der Waals surface area contributed by atoms with Gasteiger partial charge in [-0.1, -0.05) is 60.7 Å². The highest BCUT2D eigenvalue weighted by Gasteiger charge is 2.12. The van der Waals surface area contributed by atoms with Crippen LogP contribution in [-0.2, 0) is 13.0 Å². The molecule has 0 spiro atoms. The van der Waals surface area contributed by atoms with Gasteiger partial charge in [0, 0.05) is 17.7 Å². The summed E-state index contributed by atoms with van der Waals surface area (Å²) in [5.41, 5.74) is 6.36. The molecule has 0 saturated carbocycles. The number of hydrogen-bond acceptors (Lipinski definition) is 1. The van der Waals surface area contributed by atoms with Crippen LogP contribution in [0.1, 0.15) is 28.1 Å². The third-order valence-corrected chi connectivity index (χ3v) is 3.93. The summed E-state index contributed by atoms with van der Waals surface area (Å²) >= 11 is 0. The molecular formula is C19H20N2. The van der Waals surface area contributed by atoms with E-state index in [-0.39, 0.29) is 0 Å². The van der Waals surface area contributed by atoms with Crippen LogP contribution in [0.5, 0.6) is 0 Å². The molecule has 1 aromatic heterocycles. The number of benzene rings is 2. The van der Waals surface area contributed by atoms with Gasteiger partial charge in [-0.25, -0.2) is 0 Å². The van der Waals surface area contributed by atoms with E-state index in [2.05, 4.69) is 73.1 Å². The summed E-state index contributed by atoms with van der Waals surface area (Å²) in [6.07, 6.45) is 0.952. The molecule has 3 rings (SSSR count). The molecule has 0 N–H and O–H groups in total. The second kappa shape index (κ2) is 5.96. The molecule has 0 aliphatic heterocycles. The van der Waals surface area contributed by atoms with Gasteiger partial charge in [-0.05, 0) is 25.0 Å². The van der Waals surface area contributed by atoms with Crippen LogP contribution in [-0.4, -0.2) is 9.78 Å². The van der Waals surface area contributed by atoms with Crippen molar-refractivity contribution < 1.29 is 0 Å². The fraction of sp³-hybridized carbons (Fsp3) is 0.211. The quantitative estimate of drug-likeness (QED) is 0.700. The molecule has 106 valence electrons. The summed E-state index contributed by atoms with van der Waals surface area (Å²) in [7, 11) is 0. The minimum Gasteiger partial charge on any atom is -0.265 e. The Hall–Kier alpha value is -2.35. The van der Waals surface area contributed by atoms with Crippen LogP contribution >= 0.6 is 0 Å². The number of rotatable bonds is 4. The van der Waals surface area contributed by atoms with Crippen LogP contribution in [0.3, 0.4) is 0 Å². The molecule has 21 heavy (non-hydrogen) atoms. The predicted molar refractivity (Wildman–Crippen MR) is 86.5 cm³/mol. The first-order valence-electron chi connectivity index (χ1n) is 7.35. The van der Waals surface area contributed by atoms with E-state index in [0.29, 0.717) is 0 Å². The number of aromatic nitrogens is 2. The molecule has 0 fully saturated rings. The summed E-state index contributed by atoms with van der Waals surface area (Å²) in [5.74, 6) is 0. The van der Waals surface area contributed by atoms with E-state index < -0.39 is 0 Å². The van der Waals surface area contributed by atoms with E-state index in [9.17, 15) is 0 Å². The maximum atomic E-state index is 4.72. The van der Waals surface area contributed by atoms with Crippen molar-refractivity contribution in [3.8, 4) is 0 Å². The van der Waals surface area contributed by atoms with Crippen molar-refractivity contribution in [2.24, 2.45) is 0 Å². The smallest absolute Gasteiger partial charge is 0.0662 e. The van der Waals surface area contributed by atoms with E-state index in [1.807, 2.05) is 6.07 Å². The molecule has 2 nitrogen and oxygen atoms in total. The molecule has 1 heterocycles. The Labute approximate surface area is 126 Å². The van der Waals surface area contributed by atoms with Gasteiger partial charge in [0.1, 0.15) is 0 Å². The monoisotopic (exact) mass is 276 g/mol. The highest BCUT2D eigenvalue weighted by Crippen LogP contribution is 2.18. The summed E-state index contributed by atoms with van der Waals surface area (Å²) in [6.45, 7) is 5.11. The van der Waals surface area contributed by atoms with E-state index >= 15 is 0 Å². The molecule has 2 heteroatoms. The summed E-state index contributed by atoms with van der Waals surface area (Å²) in [6, 6.07) is 21.1. The minimum absolute atomic E-state index is 0.836. The van der Waals surface area contributed by atoms with Crippen molar-refractivity contribution in [1.29, 1.82) is 0 Å². The fourth-order valence-electron chi connectivity index (χ4n) is 2.70. The third-order valence-electron chi connectivity index (χ3n) is 3.93. The number of nitrogens with zero attached hydrogens (tertiary/aromatic N) is 2. The van der Waals surface area contributed by atoms with Gasteiger partial charge in [-0.15, -0.1) is 0 Å². The Balaban J connectivity index is 1.86. The average molecular weight is 276 g/mol. The van der Waals surface area contributed by atoms with Crippen LogP contribution < -0.4 is 0 Å². The standard InChI is InChI=1S/C19H20N2/c1-15-19(13-17-9-5-3-6-10-17)16(2)21(20-15)14-18-11-7-4-8-12-18/h3-12H,13-14H2,1-2H3. The molecule has 0 amide bonds. The van der Waals surface area contributed by atoms with Gasteiger partial charge in [0.15, 0.2) is 0 Å². The third kappa shape index (κ3) is 3.05. The van der Waals surface area contributed by atoms with Crippen molar-refractivity contribution in [2.45, 2.75) is 26.8 Å². The van der Waals surface area contributed by atoms with Gasteiger partial charge < -0.3 is 0 Å². The van der Waals surface area contributed by atoms with E-state index in [1.54, 1.807) is 0 Å². The first-order valence-corrected chi connectivity index (χ1v) is 7.35. The van der Waals surface area contributed by atoms with Gasteiger partial charge in [0.2, 0.25) is 0 Å². The maximum absolute atomic E-state index is 4.72. The van der Waals surface area contributed by atoms with Crippen LogP contribution in [0.2, 0.25) is 0 Å². The molecule has 0 aliphatic rings. The zero-order valence-electron chi connectivity index (χ0n) is 12.6. The Morgan fingerprint density at radius 1 is 0.810 bits per heavy atom. The topological polar surface area (TPSA) is 17.8 Å². The Kier molecular flexibility index (Phi) is 3.87. The molecular weight excluding hydrogens is 256 g/mol. The highest BCUT2D eigenvalue weighted by molar-refractivity contribution is 5.32. The fourth-order valence-corrected chi connectivity index (χ4v) is 2.70. The zero-order valence-corrected chi connectivity index (χ0v) is 12.6. The van der Waals surface area contributed by atoms with Crippen LogP contribution in [0.15, 0.2) is 60.7 Å². The predicted octanol–water partition coefficient (Wildman–Crippen LogP) is 4.14. The van der Waals surface area contributed by atoms with Gasteiger partial charge in [0.05, 0.1) is 12.2 Å². The van der Waals surface area contributed by atoms with Crippen LogP contribution in [0.4, 0.5) is 0 Å². The Morgan fingerprint density at radius 3 is 2.00 bits per heavy atom. The minimum atomic E-state index is 0.836. The van der Waals surface area contributed by atoms with E-state index in [1.165, 1.54) is 22.4 Å². The van der Waals surface area contributed by atoms with Gasteiger partial charge in [0.25, 0.3) is 0 Å². The number of hydrogen-bond donors (Lipinski definition) is 0. The maximum Gasteiger partial charge on any atom is 0.0662 e. The van der Waals surface area contributed by atoms with Gasteiger partial charge in [-0.3, -0.25) is 4.68 Å². The van der Waals surface area contributed by atoms with Crippen molar-refractivity contribution in [3.05, 3.63) is 88.7 Å². The molecule has 0 unspecified atom stereocenters. The lowest BCUT2D eigenvalue weighted by atomic mass is 10.0. The second-order valence-electron chi connectivity index (χ2n) is 5.45. The molecule has 3 aromatic rings. The Bertz CT molecular complexity index is 712. The van der Waals surface area contributed by atoms with E-state index in [4.69, 9.17) is 5.10 Å². The van der Waals surface area contributed by atoms with Crippen molar-refractivity contribution in [2.75, 3.05) is 0 Å². The molecule has 0 aliphatic carbocycles. The zero-order chi connectivity index (χ0) is 14.7. The highest BCUT2D eigenvalue weighted by atomic mass is 15.3. The van der Waals surface area contributed by atoms with E-state index in [0.717, 1.165) is 18.7 Å². The lowest BCUT2D eigenvalue weighted by molar-refractivity contribution is 0.658. The van der Waals surface area contributed by atoms with Gasteiger partial charge in [-0.2, -0.15) is 5.10 Å². The molecule has 0 atom stereocenters. The first-order chi connectivity index (χ1) is 10.2. The lowest BCUT2D eigenvalue weighted by Crippen LogP contribution is -2.04. The summed E-state index contributed by atoms with van der Waals surface area (Å²) in [5, 5.41) is 4.72. The van der Waals surface area contributed by atoms with Crippen LogP contribution in [0.25, 0.3) is 0 Å². The SMILES string of the molecule is Cc1nn(Cc2ccccc2)c(C)c1Cc1ccccc1.